The van der Waals surface area contributed by atoms with Crippen LogP contribution in [0.3, 0.4) is 0 Å². The number of carbonyl (C=O) groups excluding carboxylic acids is 3. The number of Topliss-reactive ketones (excluding diaryl/α,β-unsaturated/α-hetero) is 1. The topological polar surface area (TPSA) is 136 Å². The normalized spacial score (nSPS) is 18.2. The minimum Gasteiger partial charge on any atom is -0.381 e. The summed E-state index contributed by atoms with van der Waals surface area (Å²) in [5.41, 5.74) is 15.1. The van der Waals surface area contributed by atoms with Gasteiger partial charge in [0.05, 0.1) is 34.7 Å². The number of piperidine rings is 1. The first-order chi connectivity index (χ1) is 15.6. The fraction of sp³-hybridized carbons (Fsp3) is 0.500. The van der Waals surface area contributed by atoms with Crippen molar-refractivity contribution in [2.75, 3.05) is 25.0 Å². The fourth-order valence-electron chi connectivity index (χ4n) is 4.97. The predicted molar refractivity (Wildman–Crippen MR) is 126 cm³/mol. The van der Waals surface area contributed by atoms with E-state index < -0.39 is 5.91 Å². The van der Waals surface area contributed by atoms with Gasteiger partial charge in [-0.05, 0) is 49.8 Å². The van der Waals surface area contributed by atoms with Crippen LogP contribution in [0.2, 0.25) is 0 Å². The van der Waals surface area contributed by atoms with E-state index in [9.17, 15) is 14.4 Å². The van der Waals surface area contributed by atoms with Crippen LogP contribution < -0.4 is 16.8 Å². The fourth-order valence-corrected chi connectivity index (χ4v) is 4.97. The summed E-state index contributed by atoms with van der Waals surface area (Å²) in [7, 11) is 0. The Morgan fingerprint density at radius 2 is 1.91 bits per heavy atom. The molecule has 4 rings (SSSR count). The first-order valence-electron chi connectivity index (χ1n) is 11.4. The highest BCUT2D eigenvalue weighted by Gasteiger charge is 2.36. The van der Waals surface area contributed by atoms with Crippen LogP contribution >= 0.6 is 0 Å². The molecule has 2 aliphatic rings. The molecule has 2 aromatic rings. The van der Waals surface area contributed by atoms with Gasteiger partial charge in [-0.2, -0.15) is 5.10 Å². The van der Waals surface area contributed by atoms with Gasteiger partial charge < -0.3 is 21.7 Å². The highest BCUT2D eigenvalue weighted by atomic mass is 16.2. The van der Waals surface area contributed by atoms with Crippen LogP contribution in [0.25, 0.3) is 5.69 Å². The number of nitrogens with zero attached hydrogens (tertiary/aromatic N) is 3. The zero-order chi connectivity index (χ0) is 23.9. The lowest BCUT2D eigenvalue weighted by atomic mass is 9.75. The van der Waals surface area contributed by atoms with Gasteiger partial charge in [0.2, 0.25) is 5.91 Å². The van der Waals surface area contributed by atoms with Gasteiger partial charge >= 0.3 is 0 Å². The van der Waals surface area contributed by atoms with Crippen LogP contribution in [-0.2, 0) is 11.2 Å². The molecule has 1 aromatic carbocycles. The van der Waals surface area contributed by atoms with Crippen molar-refractivity contribution in [3.05, 3.63) is 40.7 Å². The molecule has 1 fully saturated rings. The van der Waals surface area contributed by atoms with Crippen LogP contribution in [0, 0.1) is 12.3 Å². The summed E-state index contributed by atoms with van der Waals surface area (Å²) in [5.74, 6) is -0.449. The van der Waals surface area contributed by atoms with Crippen molar-refractivity contribution in [1.29, 1.82) is 0 Å². The van der Waals surface area contributed by atoms with Crippen LogP contribution in [0.15, 0.2) is 18.2 Å². The highest BCUT2D eigenvalue weighted by Crippen LogP contribution is 2.37. The zero-order valence-electron chi connectivity index (χ0n) is 19.5. The molecule has 2 heterocycles. The van der Waals surface area contributed by atoms with E-state index in [1.54, 1.807) is 11.0 Å². The maximum absolute atomic E-state index is 12.8. The Labute approximate surface area is 193 Å². The molecule has 1 aliphatic heterocycles. The number of nitrogens with one attached hydrogen (secondary N) is 1. The number of carbonyl (C=O) groups is 3. The summed E-state index contributed by atoms with van der Waals surface area (Å²) in [4.78, 5) is 38.5. The van der Waals surface area contributed by atoms with Gasteiger partial charge in [0, 0.05) is 31.2 Å². The second-order valence-electron chi connectivity index (χ2n) is 9.86. The maximum Gasteiger partial charge on any atom is 0.250 e. The highest BCUT2D eigenvalue weighted by molar-refractivity contribution is 6.00. The Morgan fingerprint density at radius 3 is 2.55 bits per heavy atom. The van der Waals surface area contributed by atoms with Crippen molar-refractivity contribution < 1.29 is 14.4 Å². The third-order valence-electron chi connectivity index (χ3n) is 6.62. The summed E-state index contributed by atoms with van der Waals surface area (Å²) < 4.78 is 1.82. The van der Waals surface area contributed by atoms with Gasteiger partial charge in [-0.15, -0.1) is 0 Å². The summed E-state index contributed by atoms with van der Waals surface area (Å²) >= 11 is 0. The van der Waals surface area contributed by atoms with E-state index in [2.05, 4.69) is 24.3 Å². The number of anilines is 1. The molecular weight excluding hydrogens is 420 g/mol. The van der Waals surface area contributed by atoms with Crippen molar-refractivity contribution in [3.8, 4) is 5.69 Å². The lowest BCUT2D eigenvalue weighted by Crippen LogP contribution is -2.44. The number of nitrogens with two attached hydrogens (primary N) is 2. The number of rotatable bonds is 5. The number of amides is 2. The monoisotopic (exact) mass is 452 g/mol. The van der Waals surface area contributed by atoms with Crippen molar-refractivity contribution >= 4 is 23.3 Å². The van der Waals surface area contributed by atoms with Crippen molar-refractivity contribution in [2.24, 2.45) is 16.9 Å². The summed E-state index contributed by atoms with van der Waals surface area (Å²) in [6.07, 6.45) is 2.73. The molecular formula is C24H32N6O3. The number of aryl methyl sites for hydroxylation is 1. The van der Waals surface area contributed by atoms with E-state index in [0.29, 0.717) is 36.3 Å². The Hall–Kier alpha value is -3.20. The molecule has 0 bridgehead atoms. The molecule has 2 amide bonds. The maximum atomic E-state index is 12.8. The first kappa shape index (κ1) is 23.0. The van der Waals surface area contributed by atoms with Crippen molar-refractivity contribution in [3.63, 3.8) is 0 Å². The summed E-state index contributed by atoms with van der Waals surface area (Å²) in [6, 6.07) is 5.48. The largest absolute Gasteiger partial charge is 0.381 e. The van der Waals surface area contributed by atoms with Crippen molar-refractivity contribution in [2.45, 2.75) is 52.5 Å². The SMILES string of the molecule is Cc1nn(-c2ccc(C(N)=O)c(NC3CCN(C(=O)CN)CC3)c2)c2c1C(=O)CC(C)(C)C2. The minimum atomic E-state index is -0.519. The van der Waals surface area contributed by atoms with Gasteiger partial charge in [-0.3, -0.25) is 14.4 Å². The Kier molecular flexibility index (Phi) is 6.00. The van der Waals surface area contributed by atoms with Crippen LogP contribution in [0.5, 0.6) is 0 Å². The smallest absolute Gasteiger partial charge is 0.250 e. The van der Waals surface area contributed by atoms with E-state index in [1.807, 2.05) is 23.7 Å². The molecule has 9 heteroatoms. The Bertz CT molecular complexity index is 1110. The van der Waals surface area contributed by atoms with Crippen LogP contribution in [0.4, 0.5) is 5.69 Å². The molecule has 9 nitrogen and oxygen atoms in total. The van der Waals surface area contributed by atoms with Crippen LogP contribution in [0.1, 0.15) is 65.2 Å². The summed E-state index contributed by atoms with van der Waals surface area (Å²) in [5, 5.41) is 8.13. The number of fused-ring (bicyclic) bond motifs is 1. The second-order valence-corrected chi connectivity index (χ2v) is 9.86. The molecule has 176 valence electrons. The molecule has 0 spiro atoms. The molecule has 0 radical (unpaired) electrons. The number of ketones is 1. The molecule has 1 saturated heterocycles. The Balaban J connectivity index is 1.65. The minimum absolute atomic E-state index is 0.0128. The van der Waals surface area contributed by atoms with E-state index in [0.717, 1.165) is 36.3 Å². The average Bonchev–Trinajstić information content (AvgIpc) is 3.08. The van der Waals surface area contributed by atoms with Gasteiger partial charge in [-0.1, -0.05) is 13.8 Å². The number of primary amides is 1. The van der Waals surface area contributed by atoms with Gasteiger partial charge in [0.1, 0.15) is 0 Å². The summed E-state index contributed by atoms with van der Waals surface area (Å²) in [6.45, 7) is 7.28. The van der Waals surface area contributed by atoms with E-state index in [-0.39, 0.29) is 29.7 Å². The van der Waals surface area contributed by atoms with E-state index in [1.165, 1.54) is 0 Å². The van der Waals surface area contributed by atoms with Gasteiger partial charge in [-0.25, -0.2) is 4.68 Å². The van der Waals surface area contributed by atoms with E-state index in [4.69, 9.17) is 11.5 Å². The number of hydrogen-bond acceptors (Lipinski definition) is 6. The molecule has 5 N–H and O–H groups in total. The lowest BCUT2D eigenvalue weighted by molar-refractivity contribution is -0.130. The molecule has 33 heavy (non-hydrogen) atoms. The van der Waals surface area contributed by atoms with E-state index >= 15 is 0 Å². The third kappa shape index (κ3) is 4.50. The third-order valence-corrected chi connectivity index (χ3v) is 6.62. The van der Waals surface area contributed by atoms with Crippen molar-refractivity contribution in [1.82, 2.24) is 14.7 Å². The van der Waals surface area contributed by atoms with Gasteiger partial charge in [0.15, 0.2) is 5.78 Å². The second kappa shape index (κ2) is 8.62. The Morgan fingerprint density at radius 1 is 1.21 bits per heavy atom. The zero-order valence-corrected chi connectivity index (χ0v) is 19.5. The molecule has 0 atom stereocenters. The standard InChI is InChI=1S/C24H32N6O3/c1-14-22-19(11-24(2,3)12-20(22)31)30(28-14)16-4-5-17(23(26)33)18(10-16)27-15-6-8-29(9-7-15)21(32)13-25/h4-5,10,15,27H,6-9,11-13,25H2,1-3H3,(H2,26,33). The molecule has 0 unspecified atom stereocenters. The quantitative estimate of drug-likeness (QED) is 0.633. The molecule has 0 saturated carbocycles. The lowest BCUT2D eigenvalue weighted by Gasteiger charge is -2.33. The number of hydrogen-bond donors (Lipinski definition) is 3. The van der Waals surface area contributed by atoms with Crippen LogP contribution in [-0.4, -0.2) is 58.0 Å². The predicted octanol–water partition coefficient (Wildman–Crippen LogP) is 1.80. The number of likely N-dealkylation sites (tertiary alicyclic amines) is 1. The average molecular weight is 453 g/mol. The molecule has 1 aromatic heterocycles. The number of aromatic nitrogens is 2. The van der Waals surface area contributed by atoms with Gasteiger partial charge in [0.25, 0.3) is 5.91 Å². The molecule has 1 aliphatic carbocycles. The first-order valence-corrected chi connectivity index (χ1v) is 11.4. The number of benzene rings is 1.